The van der Waals surface area contributed by atoms with E-state index in [0.717, 1.165) is 18.3 Å². The summed E-state index contributed by atoms with van der Waals surface area (Å²) in [5, 5.41) is 0. The van der Waals surface area contributed by atoms with Crippen molar-refractivity contribution in [1.29, 1.82) is 0 Å². The summed E-state index contributed by atoms with van der Waals surface area (Å²) in [6.45, 7) is 0.878. The lowest BCUT2D eigenvalue weighted by Crippen LogP contribution is -2.25. The predicted molar refractivity (Wildman–Crippen MR) is 76.9 cm³/mol. The second-order valence-electron chi connectivity index (χ2n) is 4.59. The Morgan fingerprint density at radius 1 is 1.43 bits per heavy atom. The smallest absolute Gasteiger partial charge is 0.264 e. The SMILES string of the molecule is COOSc1ccc(N2CC[C@@H](OS(C)(=O)=O)C2)c(F)c1. The molecule has 6 nitrogen and oxygen atoms in total. The van der Waals surface area contributed by atoms with E-state index in [0.29, 0.717) is 30.1 Å². The van der Waals surface area contributed by atoms with Crippen LogP contribution in [0.25, 0.3) is 0 Å². The number of nitrogens with zero attached hydrogens (tertiary/aromatic N) is 1. The van der Waals surface area contributed by atoms with Crippen LogP contribution in [0.3, 0.4) is 0 Å². The topological polar surface area (TPSA) is 65.1 Å². The van der Waals surface area contributed by atoms with Crippen molar-refractivity contribution in [3.63, 3.8) is 0 Å². The van der Waals surface area contributed by atoms with E-state index in [4.69, 9.17) is 4.18 Å². The summed E-state index contributed by atoms with van der Waals surface area (Å²) in [5.41, 5.74) is 0.413. The molecule has 0 aliphatic carbocycles. The highest BCUT2D eigenvalue weighted by atomic mass is 32.2. The molecule has 0 saturated carbocycles. The molecule has 9 heteroatoms. The zero-order valence-electron chi connectivity index (χ0n) is 11.6. The van der Waals surface area contributed by atoms with Gasteiger partial charge in [-0.2, -0.15) is 12.8 Å². The van der Waals surface area contributed by atoms with Crippen molar-refractivity contribution in [1.82, 2.24) is 0 Å². The van der Waals surface area contributed by atoms with Gasteiger partial charge in [-0.25, -0.2) is 9.28 Å². The largest absolute Gasteiger partial charge is 0.366 e. The van der Waals surface area contributed by atoms with Gasteiger partial charge in [0.2, 0.25) is 0 Å². The molecule has 1 fully saturated rings. The molecule has 118 valence electrons. The van der Waals surface area contributed by atoms with Gasteiger partial charge in [-0.05, 0) is 24.6 Å². The Balaban J connectivity index is 2.03. The third-order valence-electron chi connectivity index (χ3n) is 2.91. The third kappa shape index (κ3) is 4.82. The van der Waals surface area contributed by atoms with Crippen molar-refractivity contribution in [3.8, 4) is 0 Å². The van der Waals surface area contributed by atoms with E-state index in [1.54, 1.807) is 17.0 Å². The lowest BCUT2D eigenvalue weighted by Gasteiger charge is -2.19. The number of anilines is 1. The normalized spacial score (nSPS) is 19.2. The first kappa shape index (κ1) is 16.5. The molecule has 2 rings (SSSR count). The van der Waals surface area contributed by atoms with Gasteiger partial charge >= 0.3 is 0 Å². The van der Waals surface area contributed by atoms with Gasteiger partial charge in [0.15, 0.2) is 0 Å². The quantitative estimate of drug-likeness (QED) is 0.340. The van der Waals surface area contributed by atoms with Crippen LogP contribution in [-0.2, 0) is 23.5 Å². The first-order valence-electron chi connectivity index (χ1n) is 6.19. The lowest BCUT2D eigenvalue weighted by molar-refractivity contribution is -0.160. The van der Waals surface area contributed by atoms with Crippen LogP contribution in [0.5, 0.6) is 0 Å². The second kappa shape index (κ2) is 6.93. The first-order chi connectivity index (χ1) is 9.89. The molecule has 0 radical (unpaired) electrons. The zero-order valence-corrected chi connectivity index (χ0v) is 13.2. The van der Waals surface area contributed by atoms with Crippen molar-refractivity contribution < 1.29 is 26.2 Å². The number of hydrogen-bond donors (Lipinski definition) is 0. The summed E-state index contributed by atoms with van der Waals surface area (Å²) in [5.74, 6) is -0.403. The van der Waals surface area contributed by atoms with E-state index < -0.39 is 22.0 Å². The van der Waals surface area contributed by atoms with E-state index in [1.165, 1.54) is 13.2 Å². The summed E-state index contributed by atoms with van der Waals surface area (Å²) < 4.78 is 45.9. The Bertz CT molecular complexity index is 595. The van der Waals surface area contributed by atoms with Gasteiger partial charge in [0.05, 0.1) is 37.2 Å². The third-order valence-corrected chi connectivity index (χ3v) is 4.19. The summed E-state index contributed by atoms with van der Waals surface area (Å²) in [6, 6.07) is 4.66. The number of halogens is 1. The maximum atomic E-state index is 14.1. The highest BCUT2D eigenvalue weighted by molar-refractivity contribution is 7.94. The van der Waals surface area contributed by atoms with Crippen molar-refractivity contribution in [3.05, 3.63) is 24.0 Å². The molecule has 0 bridgehead atoms. The van der Waals surface area contributed by atoms with Crippen LogP contribution in [0, 0.1) is 5.82 Å². The minimum Gasteiger partial charge on any atom is -0.366 e. The van der Waals surface area contributed by atoms with E-state index in [9.17, 15) is 12.8 Å². The molecule has 0 amide bonds. The Kier molecular flexibility index (Phi) is 5.44. The number of hydrogen-bond acceptors (Lipinski definition) is 7. The van der Waals surface area contributed by atoms with Gasteiger partial charge in [-0.3, -0.25) is 4.18 Å². The first-order valence-corrected chi connectivity index (χ1v) is 8.75. The van der Waals surface area contributed by atoms with Crippen LogP contribution in [0.1, 0.15) is 6.42 Å². The zero-order chi connectivity index (χ0) is 15.5. The van der Waals surface area contributed by atoms with Crippen LogP contribution >= 0.6 is 12.0 Å². The standard InChI is InChI=1S/C12H16FNO5S2/c1-17-19-20-10-3-4-12(11(13)7-10)14-6-5-9(8-14)18-21(2,15)16/h3-4,7,9H,5-6,8H2,1-2H3/t9-/m1/s1. The van der Waals surface area contributed by atoms with E-state index >= 15 is 0 Å². The Hall–Kier alpha value is -0.870. The molecule has 1 atom stereocenters. The maximum Gasteiger partial charge on any atom is 0.264 e. The molecule has 0 unspecified atom stereocenters. The summed E-state index contributed by atoms with van der Waals surface area (Å²) in [6.07, 6.45) is 1.11. The molecule has 1 saturated heterocycles. The van der Waals surface area contributed by atoms with Crippen LogP contribution in [0.4, 0.5) is 10.1 Å². The summed E-state index contributed by atoms with van der Waals surface area (Å²) in [4.78, 5) is 6.76. The molecular formula is C12H16FNO5S2. The molecule has 1 aliphatic heterocycles. The Morgan fingerprint density at radius 3 is 2.81 bits per heavy atom. The summed E-state index contributed by atoms with van der Waals surface area (Å²) >= 11 is 0.910. The molecule has 0 aromatic heterocycles. The van der Waals surface area contributed by atoms with Gasteiger partial charge in [0.25, 0.3) is 10.1 Å². The fraction of sp³-hybridized carbons (Fsp3) is 0.500. The average Bonchev–Trinajstić information content (AvgIpc) is 2.82. The van der Waals surface area contributed by atoms with Crippen molar-refractivity contribution in [2.45, 2.75) is 17.4 Å². The van der Waals surface area contributed by atoms with Gasteiger partial charge in [0.1, 0.15) is 5.82 Å². The average molecular weight is 337 g/mol. The van der Waals surface area contributed by atoms with E-state index in [1.807, 2.05) is 0 Å². The minimum absolute atomic E-state index is 0.338. The van der Waals surface area contributed by atoms with Crippen molar-refractivity contribution in [2.24, 2.45) is 0 Å². The van der Waals surface area contributed by atoms with Crippen LogP contribution in [-0.4, -0.2) is 41.0 Å². The highest BCUT2D eigenvalue weighted by Crippen LogP contribution is 2.29. The molecular weight excluding hydrogens is 321 g/mol. The predicted octanol–water partition coefficient (Wildman–Crippen LogP) is 1.97. The maximum absolute atomic E-state index is 14.1. The molecule has 0 N–H and O–H groups in total. The van der Waals surface area contributed by atoms with E-state index in [2.05, 4.69) is 9.22 Å². The van der Waals surface area contributed by atoms with Crippen molar-refractivity contribution >= 4 is 27.8 Å². The molecule has 1 aromatic rings. The molecule has 1 aliphatic rings. The fourth-order valence-electron chi connectivity index (χ4n) is 2.14. The molecule has 21 heavy (non-hydrogen) atoms. The summed E-state index contributed by atoms with van der Waals surface area (Å²) in [7, 11) is -2.13. The monoisotopic (exact) mass is 337 g/mol. The van der Waals surface area contributed by atoms with E-state index in [-0.39, 0.29) is 0 Å². The van der Waals surface area contributed by atoms with Gasteiger partial charge in [0, 0.05) is 18.0 Å². The van der Waals surface area contributed by atoms with Crippen molar-refractivity contribution in [2.75, 3.05) is 31.4 Å². The lowest BCUT2D eigenvalue weighted by atomic mass is 10.3. The molecule has 1 aromatic carbocycles. The molecule has 0 spiro atoms. The van der Waals surface area contributed by atoms with Gasteiger partial charge in [-0.15, -0.1) is 0 Å². The second-order valence-corrected chi connectivity index (χ2v) is 6.96. The molecule has 1 heterocycles. The number of rotatable bonds is 6. The van der Waals surface area contributed by atoms with Gasteiger partial charge < -0.3 is 4.90 Å². The minimum atomic E-state index is -3.49. The number of benzene rings is 1. The Labute approximate surface area is 127 Å². The van der Waals surface area contributed by atoms with Crippen LogP contribution in [0.2, 0.25) is 0 Å². The fourth-order valence-corrected chi connectivity index (χ4v) is 3.22. The Morgan fingerprint density at radius 2 is 2.19 bits per heavy atom. The van der Waals surface area contributed by atoms with Gasteiger partial charge in [-0.1, -0.05) is 0 Å². The van der Waals surface area contributed by atoms with Crippen LogP contribution in [0.15, 0.2) is 23.1 Å². The van der Waals surface area contributed by atoms with Crippen LogP contribution < -0.4 is 4.90 Å². The highest BCUT2D eigenvalue weighted by Gasteiger charge is 2.27.